The molecule has 0 aliphatic carbocycles. The number of pyridine rings is 1. The summed E-state index contributed by atoms with van der Waals surface area (Å²) in [5, 5.41) is 18.7. The molecule has 0 aliphatic heterocycles. The van der Waals surface area contributed by atoms with Crippen molar-refractivity contribution in [1.29, 1.82) is 0 Å². The standard InChI is InChI=1S/C23H18F3N3O2/c1-13-19(12-29-31-13)14-3-5-21(27-2)20(7-14)23(30,22-6-4-16(24)11-28-22)15-8-17(25)10-18(26)9-15/h3-12,27,30H,1-2H3. The Balaban J connectivity index is 2.04. The lowest BCUT2D eigenvalue weighted by Crippen LogP contribution is -2.31. The molecule has 0 bridgehead atoms. The van der Waals surface area contributed by atoms with Gasteiger partial charge in [-0.05, 0) is 48.9 Å². The highest BCUT2D eigenvalue weighted by Crippen LogP contribution is 2.42. The van der Waals surface area contributed by atoms with Gasteiger partial charge in [-0.3, -0.25) is 4.98 Å². The van der Waals surface area contributed by atoms with E-state index in [1.165, 1.54) is 12.3 Å². The van der Waals surface area contributed by atoms with Crippen LogP contribution in [0.4, 0.5) is 18.9 Å². The summed E-state index contributed by atoms with van der Waals surface area (Å²) >= 11 is 0. The fourth-order valence-corrected chi connectivity index (χ4v) is 3.60. The van der Waals surface area contributed by atoms with Gasteiger partial charge in [-0.15, -0.1) is 0 Å². The van der Waals surface area contributed by atoms with Crippen LogP contribution in [-0.2, 0) is 5.60 Å². The van der Waals surface area contributed by atoms with E-state index in [9.17, 15) is 18.3 Å². The lowest BCUT2D eigenvalue weighted by Gasteiger charge is -2.31. The third kappa shape index (κ3) is 3.66. The van der Waals surface area contributed by atoms with Gasteiger partial charge >= 0.3 is 0 Å². The number of aromatic nitrogens is 2. The van der Waals surface area contributed by atoms with Gasteiger partial charge in [-0.25, -0.2) is 13.2 Å². The van der Waals surface area contributed by atoms with Crippen molar-refractivity contribution in [2.45, 2.75) is 12.5 Å². The van der Waals surface area contributed by atoms with Crippen molar-refractivity contribution >= 4 is 5.69 Å². The number of hydrogen-bond acceptors (Lipinski definition) is 5. The Morgan fingerprint density at radius 1 is 0.935 bits per heavy atom. The second-order valence-corrected chi connectivity index (χ2v) is 7.04. The van der Waals surface area contributed by atoms with Crippen molar-refractivity contribution in [2.75, 3.05) is 12.4 Å². The fourth-order valence-electron chi connectivity index (χ4n) is 3.60. The lowest BCUT2D eigenvalue weighted by atomic mass is 9.81. The number of rotatable bonds is 5. The maximum Gasteiger partial charge on any atom is 0.159 e. The zero-order valence-corrected chi connectivity index (χ0v) is 16.7. The Labute approximate surface area is 176 Å². The molecular weight excluding hydrogens is 407 g/mol. The summed E-state index contributed by atoms with van der Waals surface area (Å²) in [5.41, 5.74) is -0.118. The van der Waals surface area contributed by atoms with E-state index in [2.05, 4.69) is 15.5 Å². The van der Waals surface area contributed by atoms with Gasteiger partial charge in [-0.2, -0.15) is 0 Å². The highest BCUT2D eigenvalue weighted by molar-refractivity contribution is 5.72. The van der Waals surface area contributed by atoms with Crippen molar-refractivity contribution < 1.29 is 22.8 Å². The molecule has 0 amide bonds. The van der Waals surface area contributed by atoms with Crippen molar-refractivity contribution in [3.8, 4) is 11.1 Å². The molecule has 2 aromatic carbocycles. The molecular formula is C23H18F3N3O2. The Morgan fingerprint density at radius 3 is 2.26 bits per heavy atom. The molecule has 2 N–H and O–H groups in total. The van der Waals surface area contributed by atoms with E-state index < -0.39 is 23.1 Å². The second-order valence-electron chi connectivity index (χ2n) is 7.04. The number of halogens is 3. The van der Waals surface area contributed by atoms with E-state index in [0.717, 1.165) is 24.4 Å². The van der Waals surface area contributed by atoms with Crippen molar-refractivity contribution in [2.24, 2.45) is 0 Å². The van der Waals surface area contributed by atoms with Crippen LogP contribution in [0.15, 0.2) is 65.4 Å². The van der Waals surface area contributed by atoms with Crippen LogP contribution in [0.3, 0.4) is 0 Å². The monoisotopic (exact) mass is 425 g/mol. The zero-order chi connectivity index (χ0) is 22.2. The molecule has 31 heavy (non-hydrogen) atoms. The molecule has 0 spiro atoms. The molecule has 8 heteroatoms. The van der Waals surface area contributed by atoms with Crippen LogP contribution < -0.4 is 5.32 Å². The van der Waals surface area contributed by atoms with Crippen molar-refractivity contribution in [1.82, 2.24) is 10.1 Å². The van der Waals surface area contributed by atoms with E-state index in [-0.39, 0.29) is 16.8 Å². The number of anilines is 1. The normalized spacial score (nSPS) is 13.1. The number of hydrogen-bond donors (Lipinski definition) is 2. The third-order valence-corrected chi connectivity index (χ3v) is 5.12. The first-order valence-corrected chi connectivity index (χ1v) is 9.38. The summed E-state index contributed by atoms with van der Waals surface area (Å²) in [6.07, 6.45) is 2.47. The van der Waals surface area contributed by atoms with E-state index >= 15 is 0 Å². The Morgan fingerprint density at radius 2 is 1.68 bits per heavy atom. The van der Waals surface area contributed by atoms with E-state index in [1.807, 2.05) is 0 Å². The molecule has 5 nitrogen and oxygen atoms in total. The van der Waals surface area contributed by atoms with Crippen LogP contribution in [0.5, 0.6) is 0 Å². The van der Waals surface area contributed by atoms with Crippen molar-refractivity contribution in [3.05, 3.63) is 101 Å². The molecule has 2 heterocycles. The highest BCUT2D eigenvalue weighted by atomic mass is 19.1. The second kappa shape index (κ2) is 7.88. The van der Waals surface area contributed by atoms with E-state index in [0.29, 0.717) is 28.6 Å². The summed E-state index contributed by atoms with van der Waals surface area (Å²) in [4.78, 5) is 4.02. The van der Waals surface area contributed by atoms with Crippen LogP contribution in [0.1, 0.15) is 22.6 Å². The van der Waals surface area contributed by atoms with Crippen LogP contribution >= 0.6 is 0 Å². The van der Waals surface area contributed by atoms with E-state index in [1.54, 1.807) is 32.2 Å². The van der Waals surface area contributed by atoms with Crippen LogP contribution in [0.25, 0.3) is 11.1 Å². The minimum Gasteiger partial charge on any atom is -0.388 e. The summed E-state index contributed by atoms with van der Waals surface area (Å²) < 4.78 is 46.9. The minimum atomic E-state index is -2.10. The van der Waals surface area contributed by atoms with E-state index in [4.69, 9.17) is 4.52 Å². The van der Waals surface area contributed by atoms with Gasteiger partial charge in [0.25, 0.3) is 0 Å². The summed E-state index contributed by atoms with van der Waals surface area (Å²) in [5.74, 6) is -1.79. The van der Waals surface area contributed by atoms with Crippen LogP contribution in [0.2, 0.25) is 0 Å². The quantitative estimate of drug-likeness (QED) is 0.481. The number of benzene rings is 2. The molecule has 0 saturated heterocycles. The summed E-state index contributed by atoms with van der Waals surface area (Å²) in [7, 11) is 1.65. The molecule has 0 aliphatic rings. The molecule has 1 atom stereocenters. The maximum atomic E-state index is 14.1. The fraction of sp³-hybridized carbons (Fsp3) is 0.130. The van der Waals surface area contributed by atoms with Crippen LogP contribution in [0, 0.1) is 24.4 Å². The Bertz CT molecular complexity index is 1220. The first kappa shape index (κ1) is 20.6. The predicted molar refractivity (Wildman–Crippen MR) is 109 cm³/mol. The first-order valence-electron chi connectivity index (χ1n) is 9.38. The third-order valence-electron chi connectivity index (χ3n) is 5.12. The van der Waals surface area contributed by atoms with Gasteiger partial charge in [0.2, 0.25) is 0 Å². The zero-order valence-electron chi connectivity index (χ0n) is 16.7. The highest BCUT2D eigenvalue weighted by Gasteiger charge is 2.38. The Hall–Kier alpha value is -3.65. The van der Waals surface area contributed by atoms with Crippen LogP contribution in [-0.4, -0.2) is 22.3 Å². The number of nitrogens with one attached hydrogen (secondary N) is 1. The SMILES string of the molecule is CNc1ccc(-c2cnoc2C)cc1C(O)(c1cc(F)cc(F)c1)c1ccc(F)cn1. The van der Waals surface area contributed by atoms with Gasteiger partial charge in [0.1, 0.15) is 23.2 Å². The van der Waals surface area contributed by atoms with Crippen molar-refractivity contribution in [3.63, 3.8) is 0 Å². The van der Waals surface area contributed by atoms with Gasteiger partial charge in [0.15, 0.2) is 5.60 Å². The van der Waals surface area contributed by atoms with Gasteiger partial charge in [-0.1, -0.05) is 11.2 Å². The number of nitrogens with zero attached hydrogens (tertiary/aromatic N) is 2. The maximum absolute atomic E-state index is 14.1. The van der Waals surface area contributed by atoms with Gasteiger partial charge < -0.3 is 14.9 Å². The lowest BCUT2D eigenvalue weighted by molar-refractivity contribution is 0.120. The predicted octanol–water partition coefficient (Wildman–Crippen LogP) is 4.79. The minimum absolute atomic E-state index is 0.00501. The molecule has 158 valence electrons. The molecule has 4 rings (SSSR count). The van der Waals surface area contributed by atoms with Gasteiger partial charge in [0.05, 0.1) is 18.1 Å². The molecule has 4 aromatic rings. The topological polar surface area (TPSA) is 71.2 Å². The first-order chi connectivity index (χ1) is 14.8. The molecule has 0 radical (unpaired) electrons. The smallest absolute Gasteiger partial charge is 0.159 e. The average Bonchev–Trinajstić information content (AvgIpc) is 3.18. The number of aliphatic hydroxyl groups is 1. The Kier molecular flexibility index (Phi) is 5.24. The molecule has 2 aromatic heterocycles. The number of aryl methyl sites for hydroxylation is 1. The molecule has 0 saturated carbocycles. The largest absolute Gasteiger partial charge is 0.388 e. The molecule has 1 unspecified atom stereocenters. The summed E-state index contributed by atoms with van der Waals surface area (Å²) in [6, 6.07) is 10.3. The van der Waals surface area contributed by atoms with Gasteiger partial charge in [0, 0.05) is 35.5 Å². The molecule has 0 fully saturated rings. The summed E-state index contributed by atoms with van der Waals surface area (Å²) in [6.45, 7) is 1.74. The average molecular weight is 425 g/mol.